The van der Waals surface area contributed by atoms with E-state index in [2.05, 4.69) is 18.8 Å². The van der Waals surface area contributed by atoms with Crippen LogP contribution in [0, 0.1) is 5.92 Å². The van der Waals surface area contributed by atoms with Crippen molar-refractivity contribution in [2.75, 3.05) is 0 Å². The first kappa shape index (κ1) is 11.0. The Balaban J connectivity index is 2.19. The first-order chi connectivity index (χ1) is 6.18. The Morgan fingerprint density at radius 2 is 2.31 bits per heavy atom. The second-order valence-corrected chi connectivity index (χ2v) is 5.32. The molecule has 0 aromatic carbocycles. The average molecular weight is 218 g/mol. The maximum Gasteiger partial charge on any atom is 0.0794 e. The lowest BCUT2D eigenvalue weighted by Gasteiger charge is -2.10. The van der Waals surface area contributed by atoms with E-state index in [1.807, 2.05) is 11.7 Å². The van der Waals surface area contributed by atoms with Gasteiger partial charge in [-0.05, 0) is 25.2 Å². The SMILES string of the molecule is CC(C)CC(Cl)CCc1cncs1. The summed E-state index contributed by atoms with van der Waals surface area (Å²) in [5.41, 5.74) is 1.88. The first-order valence-electron chi connectivity index (χ1n) is 4.70. The maximum absolute atomic E-state index is 6.18. The minimum absolute atomic E-state index is 0.321. The van der Waals surface area contributed by atoms with Gasteiger partial charge in [0, 0.05) is 16.5 Å². The van der Waals surface area contributed by atoms with Crippen molar-refractivity contribution < 1.29 is 0 Å². The molecule has 0 aliphatic carbocycles. The molecule has 0 saturated heterocycles. The molecule has 0 aliphatic heterocycles. The lowest BCUT2D eigenvalue weighted by Crippen LogP contribution is -2.04. The Bertz CT molecular complexity index is 221. The molecule has 0 spiro atoms. The van der Waals surface area contributed by atoms with E-state index in [0.29, 0.717) is 11.3 Å². The molecule has 0 radical (unpaired) electrons. The second-order valence-electron chi connectivity index (χ2n) is 3.73. The van der Waals surface area contributed by atoms with E-state index in [4.69, 9.17) is 11.6 Å². The molecule has 0 saturated carbocycles. The van der Waals surface area contributed by atoms with E-state index < -0.39 is 0 Å². The average Bonchev–Trinajstić information content (AvgIpc) is 2.51. The van der Waals surface area contributed by atoms with Gasteiger partial charge < -0.3 is 0 Å². The summed E-state index contributed by atoms with van der Waals surface area (Å²) in [6.45, 7) is 4.42. The van der Waals surface area contributed by atoms with Crippen LogP contribution < -0.4 is 0 Å². The summed E-state index contributed by atoms with van der Waals surface area (Å²) in [5.74, 6) is 0.698. The fourth-order valence-corrected chi connectivity index (χ4v) is 2.37. The van der Waals surface area contributed by atoms with Crippen LogP contribution in [0.1, 0.15) is 31.6 Å². The van der Waals surface area contributed by atoms with Crippen LogP contribution in [0.25, 0.3) is 0 Å². The molecule has 3 heteroatoms. The molecule has 0 aliphatic rings. The van der Waals surface area contributed by atoms with Crippen LogP contribution in [-0.2, 0) is 6.42 Å². The molecule has 1 atom stereocenters. The zero-order chi connectivity index (χ0) is 9.68. The van der Waals surface area contributed by atoms with E-state index >= 15 is 0 Å². The standard InChI is InChI=1S/C10H16ClNS/c1-8(2)5-9(11)3-4-10-6-12-7-13-10/h6-9H,3-5H2,1-2H3. The monoisotopic (exact) mass is 217 g/mol. The lowest BCUT2D eigenvalue weighted by atomic mass is 10.0. The van der Waals surface area contributed by atoms with Crippen LogP contribution in [0.4, 0.5) is 0 Å². The molecule has 0 N–H and O–H groups in total. The Kier molecular flexibility index (Phi) is 4.74. The van der Waals surface area contributed by atoms with Gasteiger partial charge in [0.05, 0.1) is 5.51 Å². The number of nitrogens with zero attached hydrogens (tertiary/aromatic N) is 1. The van der Waals surface area contributed by atoms with Gasteiger partial charge in [-0.15, -0.1) is 22.9 Å². The van der Waals surface area contributed by atoms with Crippen molar-refractivity contribution in [2.45, 2.75) is 38.5 Å². The van der Waals surface area contributed by atoms with Crippen LogP contribution in [0.3, 0.4) is 0 Å². The van der Waals surface area contributed by atoms with Gasteiger partial charge in [-0.25, -0.2) is 0 Å². The lowest BCUT2D eigenvalue weighted by molar-refractivity contribution is 0.545. The quantitative estimate of drug-likeness (QED) is 0.685. The molecular formula is C10H16ClNS. The van der Waals surface area contributed by atoms with Crippen molar-refractivity contribution >= 4 is 22.9 Å². The van der Waals surface area contributed by atoms with Crippen molar-refractivity contribution in [1.29, 1.82) is 0 Å². The molecule has 1 unspecified atom stereocenters. The number of aromatic nitrogens is 1. The number of alkyl halides is 1. The number of halogens is 1. The molecule has 0 fully saturated rings. The van der Waals surface area contributed by atoms with Gasteiger partial charge in [0.1, 0.15) is 0 Å². The summed E-state index contributed by atoms with van der Waals surface area (Å²) in [6, 6.07) is 0. The van der Waals surface area contributed by atoms with Crippen LogP contribution in [0.5, 0.6) is 0 Å². The van der Waals surface area contributed by atoms with Gasteiger partial charge in [0.25, 0.3) is 0 Å². The predicted octanol–water partition coefficient (Wildman–Crippen LogP) is 3.73. The molecule has 1 nitrogen and oxygen atoms in total. The predicted molar refractivity (Wildman–Crippen MR) is 59.5 cm³/mol. The van der Waals surface area contributed by atoms with Gasteiger partial charge in [0.15, 0.2) is 0 Å². The zero-order valence-corrected chi connectivity index (χ0v) is 9.74. The summed E-state index contributed by atoms with van der Waals surface area (Å²) in [5, 5.41) is 0.321. The summed E-state index contributed by atoms with van der Waals surface area (Å²) in [6.07, 6.45) is 5.19. The highest BCUT2D eigenvalue weighted by molar-refractivity contribution is 7.09. The molecule has 1 aromatic heterocycles. The molecule has 1 rings (SSSR count). The Labute approximate surface area is 89.1 Å². The third kappa shape index (κ3) is 4.63. The van der Waals surface area contributed by atoms with Crippen molar-refractivity contribution in [3.8, 4) is 0 Å². The highest BCUT2D eigenvalue weighted by Gasteiger charge is 2.07. The van der Waals surface area contributed by atoms with Crippen LogP contribution in [-0.4, -0.2) is 10.4 Å². The van der Waals surface area contributed by atoms with Crippen LogP contribution in [0.2, 0.25) is 0 Å². The van der Waals surface area contributed by atoms with Crippen LogP contribution in [0.15, 0.2) is 11.7 Å². The van der Waals surface area contributed by atoms with Gasteiger partial charge in [-0.3, -0.25) is 4.98 Å². The Morgan fingerprint density at radius 1 is 1.54 bits per heavy atom. The molecule has 74 valence electrons. The second kappa shape index (κ2) is 5.61. The van der Waals surface area contributed by atoms with E-state index in [1.54, 1.807) is 11.3 Å². The first-order valence-corrected chi connectivity index (χ1v) is 6.01. The number of rotatable bonds is 5. The molecular weight excluding hydrogens is 202 g/mol. The van der Waals surface area contributed by atoms with Crippen molar-refractivity contribution in [3.05, 3.63) is 16.6 Å². The maximum atomic E-state index is 6.18. The van der Waals surface area contributed by atoms with Gasteiger partial charge in [-0.1, -0.05) is 13.8 Å². The minimum atomic E-state index is 0.321. The fourth-order valence-electron chi connectivity index (χ4n) is 1.29. The van der Waals surface area contributed by atoms with E-state index in [-0.39, 0.29) is 0 Å². The number of thiazole rings is 1. The zero-order valence-electron chi connectivity index (χ0n) is 8.16. The summed E-state index contributed by atoms with van der Waals surface area (Å²) in [4.78, 5) is 5.38. The van der Waals surface area contributed by atoms with Gasteiger partial charge >= 0.3 is 0 Å². The van der Waals surface area contributed by atoms with Gasteiger partial charge in [-0.2, -0.15) is 0 Å². The van der Waals surface area contributed by atoms with E-state index in [0.717, 1.165) is 19.3 Å². The van der Waals surface area contributed by atoms with Crippen molar-refractivity contribution in [2.24, 2.45) is 5.92 Å². The number of aryl methyl sites for hydroxylation is 1. The summed E-state index contributed by atoms with van der Waals surface area (Å²) in [7, 11) is 0. The Morgan fingerprint density at radius 3 is 2.85 bits per heavy atom. The van der Waals surface area contributed by atoms with E-state index in [9.17, 15) is 0 Å². The van der Waals surface area contributed by atoms with E-state index in [1.165, 1.54) is 4.88 Å². The normalized spacial score (nSPS) is 13.5. The highest BCUT2D eigenvalue weighted by atomic mass is 35.5. The largest absolute Gasteiger partial charge is 0.253 e. The number of hydrogen-bond donors (Lipinski definition) is 0. The molecule has 13 heavy (non-hydrogen) atoms. The minimum Gasteiger partial charge on any atom is -0.253 e. The van der Waals surface area contributed by atoms with Crippen molar-refractivity contribution in [3.63, 3.8) is 0 Å². The van der Waals surface area contributed by atoms with Crippen LogP contribution >= 0.6 is 22.9 Å². The summed E-state index contributed by atoms with van der Waals surface area (Å²) < 4.78 is 0. The molecule has 1 aromatic rings. The number of hydrogen-bond acceptors (Lipinski definition) is 2. The molecule has 0 bridgehead atoms. The Hall–Kier alpha value is -0.0800. The molecule has 0 amide bonds. The summed E-state index contributed by atoms with van der Waals surface area (Å²) >= 11 is 7.89. The third-order valence-corrected chi connectivity index (χ3v) is 3.15. The van der Waals surface area contributed by atoms with Gasteiger partial charge in [0.2, 0.25) is 0 Å². The topological polar surface area (TPSA) is 12.9 Å². The highest BCUT2D eigenvalue weighted by Crippen LogP contribution is 2.18. The third-order valence-electron chi connectivity index (χ3n) is 1.91. The smallest absolute Gasteiger partial charge is 0.0794 e. The fraction of sp³-hybridized carbons (Fsp3) is 0.700. The van der Waals surface area contributed by atoms with Crippen molar-refractivity contribution in [1.82, 2.24) is 4.98 Å². The molecule has 1 heterocycles.